The number of carbonyl (C=O) groups is 1. The number of tetrazole rings is 1. The minimum atomic E-state index is -0.487. The predicted molar refractivity (Wildman–Crippen MR) is 83.4 cm³/mol. The van der Waals surface area contributed by atoms with E-state index in [-0.39, 0.29) is 11.6 Å². The molecule has 2 heterocycles. The van der Waals surface area contributed by atoms with Crippen molar-refractivity contribution in [3.63, 3.8) is 0 Å². The summed E-state index contributed by atoms with van der Waals surface area (Å²) in [5.74, 6) is 0.0469. The van der Waals surface area contributed by atoms with Crippen molar-refractivity contribution in [1.29, 1.82) is 0 Å². The van der Waals surface area contributed by atoms with Gasteiger partial charge in [-0.1, -0.05) is 34.9 Å². The van der Waals surface area contributed by atoms with E-state index in [1.54, 1.807) is 12.1 Å². The van der Waals surface area contributed by atoms with Crippen molar-refractivity contribution in [2.45, 2.75) is 0 Å². The standard InChI is InChI=1S/C14H11ClN6O2/c1-23-8-6-11(9-4-2-3-5-10(9)15)16-12(7-8)13(22)17-14-18-20-21-19-14/h2-7H,1H3,(H2,17,18,19,20,21,22). The Morgan fingerprint density at radius 3 is 2.83 bits per heavy atom. The number of nitrogens with zero attached hydrogens (tertiary/aromatic N) is 4. The van der Waals surface area contributed by atoms with Crippen molar-refractivity contribution in [3.8, 4) is 17.0 Å². The number of halogens is 1. The Kier molecular flexibility index (Phi) is 4.15. The number of carbonyl (C=O) groups excluding carboxylic acids is 1. The van der Waals surface area contributed by atoms with Gasteiger partial charge in [-0.25, -0.2) is 4.98 Å². The highest BCUT2D eigenvalue weighted by Crippen LogP contribution is 2.29. The molecule has 9 heteroatoms. The number of pyridine rings is 1. The van der Waals surface area contributed by atoms with Crippen LogP contribution in [0.3, 0.4) is 0 Å². The normalized spacial score (nSPS) is 10.3. The van der Waals surface area contributed by atoms with Crippen LogP contribution in [-0.4, -0.2) is 38.6 Å². The summed E-state index contributed by atoms with van der Waals surface area (Å²) in [5.41, 5.74) is 1.36. The highest BCUT2D eigenvalue weighted by molar-refractivity contribution is 6.33. The average molecular weight is 331 g/mol. The molecular formula is C14H11ClN6O2. The fraction of sp³-hybridized carbons (Fsp3) is 0.0714. The third kappa shape index (κ3) is 3.27. The van der Waals surface area contributed by atoms with Gasteiger partial charge in [-0.3, -0.25) is 10.1 Å². The maximum absolute atomic E-state index is 12.3. The molecule has 0 radical (unpaired) electrons. The number of H-pyrrole nitrogens is 1. The second-order valence-electron chi connectivity index (χ2n) is 4.45. The summed E-state index contributed by atoms with van der Waals surface area (Å²) in [7, 11) is 1.51. The lowest BCUT2D eigenvalue weighted by molar-refractivity contribution is 0.102. The number of aromatic nitrogens is 5. The molecule has 0 saturated heterocycles. The van der Waals surface area contributed by atoms with E-state index in [0.29, 0.717) is 22.0 Å². The Morgan fingerprint density at radius 1 is 1.30 bits per heavy atom. The number of aromatic amines is 1. The van der Waals surface area contributed by atoms with Gasteiger partial charge < -0.3 is 4.74 Å². The van der Waals surface area contributed by atoms with Gasteiger partial charge in [0, 0.05) is 22.7 Å². The molecule has 0 spiro atoms. The quantitative estimate of drug-likeness (QED) is 0.759. The largest absolute Gasteiger partial charge is 0.497 e. The first-order valence-corrected chi connectivity index (χ1v) is 6.91. The zero-order valence-electron chi connectivity index (χ0n) is 11.9. The second-order valence-corrected chi connectivity index (χ2v) is 4.85. The maximum Gasteiger partial charge on any atom is 0.276 e. The van der Waals surface area contributed by atoms with Crippen LogP contribution in [0.1, 0.15) is 10.5 Å². The molecule has 2 aromatic heterocycles. The van der Waals surface area contributed by atoms with Gasteiger partial charge >= 0.3 is 0 Å². The molecule has 1 amide bonds. The monoisotopic (exact) mass is 330 g/mol. The van der Waals surface area contributed by atoms with Crippen LogP contribution in [0, 0.1) is 0 Å². The van der Waals surface area contributed by atoms with E-state index in [1.165, 1.54) is 13.2 Å². The van der Waals surface area contributed by atoms with Gasteiger partial charge in [-0.15, -0.1) is 5.10 Å². The number of rotatable bonds is 4. The summed E-state index contributed by atoms with van der Waals surface area (Å²) in [5, 5.41) is 15.9. The molecule has 0 fully saturated rings. The first-order valence-electron chi connectivity index (χ1n) is 6.53. The van der Waals surface area contributed by atoms with E-state index < -0.39 is 5.91 Å². The van der Waals surface area contributed by atoms with Crippen LogP contribution in [0.25, 0.3) is 11.3 Å². The number of methoxy groups -OCH3 is 1. The first-order chi connectivity index (χ1) is 11.2. The van der Waals surface area contributed by atoms with Crippen molar-refractivity contribution >= 4 is 23.5 Å². The molecule has 3 aromatic rings. The summed E-state index contributed by atoms with van der Waals surface area (Å²) in [6.45, 7) is 0. The van der Waals surface area contributed by atoms with Crippen LogP contribution in [0.4, 0.5) is 5.95 Å². The first kappa shape index (κ1) is 14.9. The molecule has 8 nitrogen and oxygen atoms in total. The number of benzene rings is 1. The van der Waals surface area contributed by atoms with Crippen molar-refractivity contribution in [2.24, 2.45) is 0 Å². The Labute approximate surface area is 135 Å². The minimum absolute atomic E-state index is 0.0545. The Hall–Kier alpha value is -3.00. The summed E-state index contributed by atoms with van der Waals surface area (Å²) in [4.78, 5) is 16.6. The van der Waals surface area contributed by atoms with Crippen molar-refractivity contribution in [3.05, 3.63) is 47.1 Å². The van der Waals surface area contributed by atoms with Crippen molar-refractivity contribution in [1.82, 2.24) is 25.6 Å². The summed E-state index contributed by atoms with van der Waals surface area (Å²) in [6, 6.07) is 10.4. The minimum Gasteiger partial charge on any atom is -0.497 e. The summed E-state index contributed by atoms with van der Waals surface area (Å²) >= 11 is 6.19. The molecule has 0 bridgehead atoms. The van der Waals surface area contributed by atoms with Gasteiger partial charge in [0.15, 0.2) is 0 Å². The lowest BCUT2D eigenvalue weighted by Gasteiger charge is -2.09. The van der Waals surface area contributed by atoms with E-state index in [9.17, 15) is 4.79 Å². The zero-order valence-corrected chi connectivity index (χ0v) is 12.7. The molecule has 1 aromatic carbocycles. The molecule has 0 aliphatic rings. The predicted octanol–water partition coefficient (Wildman–Crippen LogP) is 2.18. The number of nitrogens with one attached hydrogen (secondary N) is 2. The van der Waals surface area contributed by atoms with E-state index in [2.05, 4.69) is 30.9 Å². The topological polar surface area (TPSA) is 106 Å². The molecule has 116 valence electrons. The van der Waals surface area contributed by atoms with Crippen molar-refractivity contribution < 1.29 is 9.53 Å². The van der Waals surface area contributed by atoms with E-state index in [1.807, 2.05) is 18.2 Å². The van der Waals surface area contributed by atoms with Crippen LogP contribution >= 0.6 is 11.6 Å². The van der Waals surface area contributed by atoms with Crippen LogP contribution in [0.5, 0.6) is 5.75 Å². The van der Waals surface area contributed by atoms with Gasteiger partial charge in [0.1, 0.15) is 11.4 Å². The molecule has 23 heavy (non-hydrogen) atoms. The molecule has 2 N–H and O–H groups in total. The van der Waals surface area contributed by atoms with Crippen molar-refractivity contribution in [2.75, 3.05) is 12.4 Å². The Morgan fingerprint density at radius 2 is 2.13 bits per heavy atom. The number of hydrogen-bond donors (Lipinski definition) is 2. The second kappa shape index (κ2) is 6.41. The van der Waals surface area contributed by atoms with Gasteiger partial charge in [-0.05, 0) is 11.3 Å². The SMILES string of the molecule is COc1cc(C(=O)Nc2nn[nH]n2)nc(-c2ccccc2Cl)c1. The fourth-order valence-corrected chi connectivity index (χ4v) is 2.16. The smallest absolute Gasteiger partial charge is 0.276 e. The third-order valence-corrected chi connectivity index (χ3v) is 3.32. The fourth-order valence-electron chi connectivity index (χ4n) is 1.93. The van der Waals surface area contributed by atoms with Crippen LogP contribution in [0.2, 0.25) is 5.02 Å². The average Bonchev–Trinajstić information content (AvgIpc) is 3.07. The van der Waals surface area contributed by atoms with Gasteiger partial charge in [0.2, 0.25) is 0 Å². The molecule has 0 aliphatic heterocycles. The number of ether oxygens (including phenoxy) is 1. The summed E-state index contributed by atoms with van der Waals surface area (Å²) in [6.07, 6.45) is 0. The van der Waals surface area contributed by atoms with Gasteiger partial charge in [0.25, 0.3) is 11.9 Å². The zero-order chi connectivity index (χ0) is 16.2. The van der Waals surface area contributed by atoms with Gasteiger partial charge in [0.05, 0.1) is 12.8 Å². The molecule has 3 rings (SSSR count). The lowest BCUT2D eigenvalue weighted by Crippen LogP contribution is -2.15. The van der Waals surface area contributed by atoms with Crippen LogP contribution in [-0.2, 0) is 0 Å². The number of amides is 1. The lowest BCUT2D eigenvalue weighted by atomic mass is 10.1. The van der Waals surface area contributed by atoms with Crippen LogP contribution in [0.15, 0.2) is 36.4 Å². The Balaban J connectivity index is 1.99. The summed E-state index contributed by atoms with van der Waals surface area (Å²) < 4.78 is 5.23. The van der Waals surface area contributed by atoms with E-state index in [0.717, 1.165) is 0 Å². The van der Waals surface area contributed by atoms with E-state index >= 15 is 0 Å². The maximum atomic E-state index is 12.3. The molecule has 0 aliphatic carbocycles. The van der Waals surface area contributed by atoms with Crippen LogP contribution < -0.4 is 10.1 Å². The van der Waals surface area contributed by atoms with Gasteiger partial charge in [-0.2, -0.15) is 5.21 Å². The molecular weight excluding hydrogens is 320 g/mol. The number of hydrogen-bond acceptors (Lipinski definition) is 6. The molecule has 0 saturated carbocycles. The third-order valence-electron chi connectivity index (χ3n) is 2.99. The Bertz CT molecular complexity index is 837. The highest BCUT2D eigenvalue weighted by Gasteiger charge is 2.15. The van der Waals surface area contributed by atoms with E-state index in [4.69, 9.17) is 16.3 Å². The number of anilines is 1. The molecule has 0 atom stereocenters. The highest BCUT2D eigenvalue weighted by atomic mass is 35.5. The molecule has 0 unspecified atom stereocenters.